The highest BCUT2D eigenvalue weighted by molar-refractivity contribution is 7.89. The molecule has 1 aliphatic heterocycles. The third kappa shape index (κ3) is 3.81. The van der Waals surface area contributed by atoms with Gasteiger partial charge in [0.25, 0.3) is 5.91 Å². The second-order valence-corrected chi connectivity index (χ2v) is 8.48. The molecule has 0 aliphatic carbocycles. The number of piperidine rings is 1. The van der Waals surface area contributed by atoms with Crippen LogP contribution >= 0.6 is 0 Å². The minimum atomic E-state index is -3.55. The Bertz CT molecular complexity index is 688. The van der Waals surface area contributed by atoms with Crippen molar-refractivity contribution in [2.24, 2.45) is 5.92 Å². The summed E-state index contributed by atoms with van der Waals surface area (Å²) in [6.07, 6.45) is 2.00. The standard InChI is InChI=1S/C18H28N2O3S/c1-5-20(6-2)24(22,23)16-8-7-15(4)17(13-16)18(21)19-11-9-14(3)10-12-19/h7-8,13-14H,5-6,9-12H2,1-4H3. The van der Waals surface area contributed by atoms with Gasteiger partial charge in [-0.1, -0.05) is 26.8 Å². The van der Waals surface area contributed by atoms with Crippen LogP contribution in [0.3, 0.4) is 0 Å². The minimum absolute atomic E-state index is 0.0593. The van der Waals surface area contributed by atoms with Crippen molar-refractivity contribution in [2.75, 3.05) is 26.2 Å². The maximum atomic E-state index is 12.8. The molecule has 2 rings (SSSR count). The molecular weight excluding hydrogens is 324 g/mol. The Labute approximate surface area is 145 Å². The number of rotatable bonds is 5. The molecule has 0 N–H and O–H groups in total. The Hall–Kier alpha value is -1.40. The zero-order chi connectivity index (χ0) is 17.9. The zero-order valence-corrected chi connectivity index (χ0v) is 15.9. The second kappa shape index (κ2) is 7.66. The van der Waals surface area contributed by atoms with Crippen LogP contribution < -0.4 is 0 Å². The maximum Gasteiger partial charge on any atom is 0.254 e. The van der Waals surface area contributed by atoms with Crippen LogP contribution in [-0.2, 0) is 10.0 Å². The number of carbonyl (C=O) groups is 1. The maximum absolute atomic E-state index is 12.8. The highest BCUT2D eigenvalue weighted by Crippen LogP contribution is 2.23. The normalized spacial score (nSPS) is 16.6. The van der Waals surface area contributed by atoms with Crippen LogP contribution in [0.25, 0.3) is 0 Å². The summed E-state index contributed by atoms with van der Waals surface area (Å²) >= 11 is 0. The lowest BCUT2D eigenvalue weighted by atomic mass is 9.98. The van der Waals surface area contributed by atoms with Crippen molar-refractivity contribution in [1.29, 1.82) is 0 Å². The van der Waals surface area contributed by atoms with Gasteiger partial charge < -0.3 is 4.90 Å². The molecule has 0 atom stereocenters. The molecule has 0 spiro atoms. The molecular formula is C18H28N2O3S. The van der Waals surface area contributed by atoms with Crippen molar-refractivity contribution < 1.29 is 13.2 Å². The van der Waals surface area contributed by atoms with Crippen LogP contribution in [0.5, 0.6) is 0 Å². The summed E-state index contributed by atoms with van der Waals surface area (Å²) in [7, 11) is -3.55. The zero-order valence-electron chi connectivity index (χ0n) is 15.1. The van der Waals surface area contributed by atoms with E-state index >= 15 is 0 Å². The molecule has 1 aromatic rings. The summed E-state index contributed by atoms with van der Waals surface area (Å²) in [5, 5.41) is 0. The molecule has 1 saturated heterocycles. The lowest BCUT2D eigenvalue weighted by Gasteiger charge is -2.31. The second-order valence-electron chi connectivity index (χ2n) is 6.54. The van der Waals surface area contributed by atoms with Crippen LogP contribution in [0.1, 0.15) is 49.5 Å². The Kier molecular flexibility index (Phi) is 6.04. The number of sulfonamides is 1. The number of amides is 1. The topological polar surface area (TPSA) is 57.7 Å². The van der Waals surface area contributed by atoms with E-state index in [1.54, 1.807) is 18.2 Å². The third-order valence-electron chi connectivity index (χ3n) is 4.85. The summed E-state index contributed by atoms with van der Waals surface area (Å²) in [5.41, 5.74) is 1.31. The van der Waals surface area contributed by atoms with E-state index in [1.165, 1.54) is 4.31 Å². The molecule has 0 saturated carbocycles. The predicted octanol–water partition coefficient (Wildman–Crippen LogP) is 2.90. The first kappa shape index (κ1) is 18.9. The molecule has 1 aromatic carbocycles. The van der Waals surface area contributed by atoms with E-state index in [9.17, 15) is 13.2 Å². The molecule has 6 heteroatoms. The van der Waals surface area contributed by atoms with Crippen molar-refractivity contribution in [3.05, 3.63) is 29.3 Å². The summed E-state index contributed by atoms with van der Waals surface area (Å²) in [6, 6.07) is 4.87. The van der Waals surface area contributed by atoms with E-state index in [2.05, 4.69) is 6.92 Å². The fourth-order valence-corrected chi connectivity index (χ4v) is 4.57. The van der Waals surface area contributed by atoms with E-state index in [1.807, 2.05) is 25.7 Å². The fraction of sp³-hybridized carbons (Fsp3) is 0.611. The fourth-order valence-electron chi connectivity index (χ4n) is 3.09. The minimum Gasteiger partial charge on any atom is -0.339 e. The summed E-state index contributed by atoms with van der Waals surface area (Å²) < 4.78 is 26.8. The smallest absolute Gasteiger partial charge is 0.254 e. The summed E-state index contributed by atoms with van der Waals surface area (Å²) in [4.78, 5) is 14.9. The van der Waals surface area contributed by atoms with Crippen molar-refractivity contribution in [3.63, 3.8) is 0 Å². The van der Waals surface area contributed by atoms with Gasteiger partial charge in [0.1, 0.15) is 0 Å². The van der Waals surface area contributed by atoms with Crippen molar-refractivity contribution in [2.45, 2.75) is 45.4 Å². The molecule has 1 heterocycles. The SMILES string of the molecule is CCN(CC)S(=O)(=O)c1ccc(C)c(C(=O)N2CCC(C)CC2)c1. The Morgan fingerprint density at radius 2 is 1.79 bits per heavy atom. The van der Waals surface area contributed by atoms with Crippen LogP contribution in [0.2, 0.25) is 0 Å². The molecule has 1 aliphatic rings. The lowest BCUT2D eigenvalue weighted by molar-refractivity contribution is 0.0696. The molecule has 1 fully saturated rings. The molecule has 24 heavy (non-hydrogen) atoms. The van der Waals surface area contributed by atoms with E-state index in [0.29, 0.717) is 24.6 Å². The first-order valence-corrected chi connectivity index (χ1v) is 10.1. The molecule has 1 amide bonds. The van der Waals surface area contributed by atoms with Crippen molar-refractivity contribution in [1.82, 2.24) is 9.21 Å². The van der Waals surface area contributed by atoms with Gasteiger partial charge in [0.2, 0.25) is 10.0 Å². The average molecular weight is 353 g/mol. The predicted molar refractivity (Wildman–Crippen MR) is 95.6 cm³/mol. The van der Waals surface area contributed by atoms with Crippen LogP contribution in [0, 0.1) is 12.8 Å². The number of likely N-dealkylation sites (tertiary alicyclic amines) is 1. The average Bonchev–Trinajstić information content (AvgIpc) is 2.56. The van der Waals surface area contributed by atoms with Crippen molar-refractivity contribution in [3.8, 4) is 0 Å². The van der Waals surface area contributed by atoms with E-state index in [4.69, 9.17) is 0 Å². The number of benzene rings is 1. The molecule has 0 bridgehead atoms. The van der Waals surface area contributed by atoms with Crippen LogP contribution in [0.4, 0.5) is 0 Å². The van der Waals surface area contributed by atoms with E-state index < -0.39 is 10.0 Å². The molecule has 5 nitrogen and oxygen atoms in total. The van der Waals surface area contributed by atoms with Gasteiger partial charge in [-0.2, -0.15) is 4.31 Å². The number of aryl methyl sites for hydroxylation is 1. The first-order chi connectivity index (χ1) is 11.3. The first-order valence-electron chi connectivity index (χ1n) is 8.71. The Morgan fingerprint density at radius 1 is 1.21 bits per heavy atom. The Morgan fingerprint density at radius 3 is 2.33 bits per heavy atom. The number of carbonyl (C=O) groups excluding carboxylic acids is 1. The van der Waals surface area contributed by atoms with Crippen LogP contribution in [0.15, 0.2) is 23.1 Å². The highest BCUT2D eigenvalue weighted by Gasteiger charge is 2.26. The highest BCUT2D eigenvalue weighted by atomic mass is 32.2. The molecule has 0 aromatic heterocycles. The lowest BCUT2D eigenvalue weighted by Crippen LogP contribution is -2.38. The van der Waals surface area contributed by atoms with Crippen LogP contribution in [-0.4, -0.2) is 49.7 Å². The van der Waals surface area contributed by atoms with E-state index in [-0.39, 0.29) is 10.8 Å². The van der Waals surface area contributed by atoms with Gasteiger partial charge in [-0.15, -0.1) is 0 Å². The monoisotopic (exact) mass is 352 g/mol. The summed E-state index contributed by atoms with van der Waals surface area (Å²) in [6.45, 7) is 10.0. The van der Waals surface area contributed by atoms with Gasteiger partial charge >= 0.3 is 0 Å². The van der Waals surface area contributed by atoms with E-state index in [0.717, 1.165) is 31.5 Å². The van der Waals surface area contributed by atoms with Gasteiger partial charge in [-0.05, 0) is 43.4 Å². The van der Waals surface area contributed by atoms with Gasteiger partial charge in [-0.3, -0.25) is 4.79 Å². The van der Waals surface area contributed by atoms with Gasteiger partial charge in [0.05, 0.1) is 4.90 Å². The van der Waals surface area contributed by atoms with Gasteiger partial charge in [0.15, 0.2) is 0 Å². The van der Waals surface area contributed by atoms with Gasteiger partial charge in [0, 0.05) is 31.7 Å². The number of hydrogen-bond acceptors (Lipinski definition) is 3. The summed E-state index contributed by atoms with van der Waals surface area (Å²) in [5.74, 6) is 0.584. The van der Waals surface area contributed by atoms with Gasteiger partial charge in [-0.25, -0.2) is 8.42 Å². The third-order valence-corrected chi connectivity index (χ3v) is 6.90. The molecule has 0 radical (unpaired) electrons. The van der Waals surface area contributed by atoms with Crippen molar-refractivity contribution >= 4 is 15.9 Å². The number of hydrogen-bond donors (Lipinski definition) is 0. The molecule has 0 unspecified atom stereocenters. The molecule has 134 valence electrons. The quantitative estimate of drug-likeness (QED) is 0.819. The Balaban J connectivity index is 2.34. The largest absolute Gasteiger partial charge is 0.339 e. The number of nitrogens with zero attached hydrogens (tertiary/aromatic N) is 2.